The minimum atomic E-state index is 0.662. The van der Waals surface area contributed by atoms with E-state index in [1.807, 2.05) is 42.5 Å². The Morgan fingerprint density at radius 3 is 2.58 bits per heavy atom. The van der Waals surface area contributed by atoms with E-state index in [0.29, 0.717) is 5.75 Å². The second kappa shape index (κ2) is 5.24. The summed E-state index contributed by atoms with van der Waals surface area (Å²) in [6.45, 7) is 0. The van der Waals surface area contributed by atoms with Gasteiger partial charge in [0.05, 0.1) is 18.1 Å². The standard InChI is InChI=1S/C14H10BrN3O/c15-14-13(19-12-6-2-1-3-7-12)10-17-18(14)11-5-4-8-16-9-11/h1-10H. The molecule has 0 aliphatic carbocycles. The topological polar surface area (TPSA) is 39.9 Å². The van der Waals surface area contributed by atoms with Crippen molar-refractivity contribution in [3.8, 4) is 17.2 Å². The molecule has 2 heterocycles. The molecule has 19 heavy (non-hydrogen) atoms. The SMILES string of the molecule is Brc1c(Oc2ccccc2)cnn1-c1cccnc1. The fourth-order valence-electron chi connectivity index (χ4n) is 1.66. The van der Waals surface area contributed by atoms with Gasteiger partial charge in [-0.15, -0.1) is 0 Å². The number of hydrogen-bond acceptors (Lipinski definition) is 3. The average Bonchev–Trinajstić information content (AvgIpc) is 2.82. The fraction of sp³-hybridized carbons (Fsp3) is 0. The van der Waals surface area contributed by atoms with Crippen molar-refractivity contribution in [2.75, 3.05) is 0 Å². The van der Waals surface area contributed by atoms with Crippen molar-refractivity contribution in [2.45, 2.75) is 0 Å². The Labute approximate surface area is 118 Å². The first-order valence-corrected chi connectivity index (χ1v) is 6.51. The van der Waals surface area contributed by atoms with Gasteiger partial charge in [-0.1, -0.05) is 18.2 Å². The minimum absolute atomic E-state index is 0.662. The molecule has 0 fully saturated rings. The molecule has 0 aliphatic rings. The van der Waals surface area contributed by atoms with Crippen LogP contribution in [0, 0.1) is 0 Å². The summed E-state index contributed by atoms with van der Waals surface area (Å²) >= 11 is 3.49. The molecule has 0 saturated carbocycles. The Morgan fingerprint density at radius 2 is 1.84 bits per heavy atom. The van der Waals surface area contributed by atoms with Crippen LogP contribution in [0.25, 0.3) is 5.69 Å². The molecule has 3 rings (SSSR count). The highest BCUT2D eigenvalue weighted by Crippen LogP contribution is 2.30. The lowest BCUT2D eigenvalue weighted by atomic mass is 10.3. The van der Waals surface area contributed by atoms with E-state index in [0.717, 1.165) is 16.0 Å². The Morgan fingerprint density at radius 1 is 1.00 bits per heavy atom. The van der Waals surface area contributed by atoms with Gasteiger partial charge >= 0.3 is 0 Å². The van der Waals surface area contributed by atoms with Crippen molar-refractivity contribution in [2.24, 2.45) is 0 Å². The zero-order chi connectivity index (χ0) is 13.1. The highest BCUT2D eigenvalue weighted by molar-refractivity contribution is 9.10. The van der Waals surface area contributed by atoms with Gasteiger partial charge in [0.15, 0.2) is 10.4 Å². The quantitative estimate of drug-likeness (QED) is 0.737. The number of ether oxygens (including phenoxy) is 1. The lowest BCUT2D eigenvalue weighted by Crippen LogP contribution is -1.96. The zero-order valence-corrected chi connectivity index (χ0v) is 11.5. The molecule has 0 amide bonds. The highest BCUT2D eigenvalue weighted by atomic mass is 79.9. The molecular formula is C14H10BrN3O. The first kappa shape index (κ1) is 11.9. The van der Waals surface area contributed by atoms with E-state index in [2.05, 4.69) is 26.0 Å². The van der Waals surface area contributed by atoms with Gasteiger partial charge in [0.2, 0.25) is 0 Å². The molecular weight excluding hydrogens is 306 g/mol. The maximum atomic E-state index is 5.76. The van der Waals surface area contributed by atoms with Crippen LogP contribution in [0.4, 0.5) is 0 Å². The zero-order valence-electron chi connectivity index (χ0n) is 9.90. The molecule has 0 atom stereocenters. The van der Waals surface area contributed by atoms with Crippen molar-refractivity contribution in [1.82, 2.24) is 14.8 Å². The number of hydrogen-bond donors (Lipinski definition) is 0. The van der Waals surface area contributed by atoms with Crippen LogP contribution >= 0.6 is 15.9 Å². The first-order chi connectivity index (χ1) is 9.34. The fourth-order valence-corrected chi connectivity index (χ4v) is 2.14. The van der Waals surface area contributed by atoms with E-state index in [1.165, 1.54) is 0 Å². The molecule has 94 valence electrons. The average molecular weight is 316 g/mol. The van der Waals surface area contributed by atoms with Gasteiger partial charge < -0.3 is 4.74 Å². The molecule has 0 bridgehead atoms. The molecule has 2 aromatic heterocycles. The van der Waals surface area contributed by atoms with Crippen molar-refractivity contribution in [3.63, 3.8) is 0 Å². The number of halogens is 1. The van der Waals surface area contributed by atoms with Gasteiger partial charge in [0.25, 0.3) is 0 Å². The van der Waals surface area contributed by atoms with Crippen LogP contribution in [0.2, 0.25) is 0 Å². The lowest BCUT2D eigenvalue weighted by molar-refractivity contribution is 0.479. The summed E-state index contributed by atoms with van der Waals surface area (Å²) in [6, 6.07) is 13.4. The molecule has 3 aromatic rings. The number of aromatic nitrogens is 3. The third-order valence-electron chi connectivity index (χ3n) is 2.54. The van der Waals surface area contributed by atoms with Crippen molar-refractivity contribution in [1.29, 1.82) is 0 Å². The maximum Gasteiger partial charge on any atom is 0.180 e. The highest BCUT2D eigenvalue weighted by Gasteiger charge is 2.11. The smallest absolute Gasteiger partial charge is 0.180 e. The third kappa shape index (κ3) is 2.51. The predicted octanol–water partition coefficient (Wildman–Crippen LogP) is 3.82. The predicted molar refractivity (Wildman–Crippen MR) is 75.6 cm³/mol. The van der Waals surface area contributed by atoms with Crippen LogP contribution in [0.5, 0.6) is 11.5 Å². The Balaban J connectivity index is 1.92. The summed E-state index contributed by atoms with van der Waals surface area (Å²) < 4.78 is 8.24. The number of para-hydroxylation sites is 1. The van der Waals surface area contributed by atoms with E-state index in [9.17, 15) is 0 Å². The summed E-state index contributed by atoms with van der Waals surface area (Å²) in [4.78, 5) is 4.07. The van der Waals surface area contributed by atoms with E-state index in [-0.39, 0.29) is 0 Å². The molecule has 0 saturated heterocycles. The van der Waals surface area contributed by atoms with Gasteiger partial charge in [-0.2, -0.15) is 5.10 Å². The summed E-state index contributed by atoms with van der Waals surface area (Å²) in [7, 11) is 0. The molecule has 0 unspecified atom stereocenters. The van der Waals surface area contributed by atoms with Crippen LogP contribution in [0.15, 0.2) is 65.7 Å². The van der Waals surface area contributed by atoms with Crippen LogP contribution < -0.4 is 4.74 Å². The minimum Gasteiger partial charge on any atom is -0.453 e. The van der Waals surface area contributed by atoms with Crippen LogP contribution in [-0.4, -0.2) is 14.8 Å². The molecule has 0 radical (unpaired) electrons. The van der Waals surface area contributed by atoms with Gasteiger partial charge in [-0.25, -0.2) is 4.68 Å². The second-order valence-corrected chi connectivity index (χ2v) is 4.59. The van der Waals surface area contributed by atoms with Gasteiger partial charge in [-0.3, -0.25) is 4.98 Å². The van der Waals surface area contributed by atoms with Gasteiger partial charge in [-0.05, 0) is 40.2 Å². The van der Waals surface area contributed by atoms with E-state index in [4.69, 9.17) is 4.74 Å². The molecule has 1 aromatic carbocycles. The summed E-state index contributed by atoms with van der Waals surface area (Å²) in [5.74, 6) is 1.43. The van der Waals surface area contributed by atoms with Crippen LogP contribution in [0.3, 0.4) is 0 Å². The van der Waals surface area contributed by atoms with E-state index in [1.54, 1.807) is 23.3 Å². The third-order valence-corrected chi connectivity index (χ3v) is 3.27. The normalized spacial score (nSPS) is 10.4. The summed E-state index contributed by atoms with van der Waals surface area (Å²) in [5.41, 5.74) is 0.872. The largest absolute Gasteiger partial charge is 0.453 e. The molecule has 4 nitrogen and oxygen atoms in total. The number of nitrogens with zero attached hydrogens (tertiary/aromatic N) is 3. The Bertz CT molecular complexity index is 668. The van der Waals surface area contributed by atoms with Crippen molar-refractivity contribution < 1.29 is 4.74 Å². The van der Waals surface area contributed by atoms with Gasteiger partial charge in [0.1, 0.15) is 5.75 Å². The van der Waals surface area contributed by atoms with E-state index < -0.39 is 0 Å². The second-order valence-electron chi connectivity index (χ2n) is 3.84. The Hall–Kier alpha value is -2.14. The lowest BCUT2D eigenvalue weighted by Gasteiger charge is -2.05. The first-order valence-electron chi connectivity index (χ1n) is 5.71. The number of benzene rings is 1. The molecule has 0 aliphatic heterocycles. The summed E-state index contributed by atoms with van der Waals surface area (Å²) in [6.07, 6.45) is 5.14. The molecule has 5 heteroatoms. The van der Waals surface area contributed by atoms with Crippen molar-refractivity contribution >= 4 is 15.9 Å². The maximum absolute atomic E-state index is 5.76. The molecule has 0 spiro atoms. The van der Waals surface area contributed by atoms with Crippen LogP contribution in [-0.2, 0) is 0 Å². The molecule has 0 N–H and O–H groups in total. The Kier molecular flexibility index (Phi) is 3.29. The number of rotatable bonds is 3. The van der Waals surface area contributed by atoms with Crippen molar-refractivity contribution in [3.05, 3.63) is 65.7 Å². The van der Waals surface area contributed by atoms with E-state index >= 15 is 0 Å². The van der Waals surface area contributed by atoms with Crippen LogP contribution in [0.1, 0.15) is 0 Å². The van der Waals surface area contributed by atoms with Gasteiger partial charge in [0, 0.05) is 6.20 Å². The summed E-state index contributed by atoms with van der Waals surface area (Å²) in [5, 5.41) is 4.29. The number of pyridine rings is 1. The monoisotopic (exact) mass is 315 g/mol.